The van der Waals surface area contributed by atoms with E-state index in [1.807, 2.05) is 42.5 Å². The second-order valence-corrected chi connectivity index (χ2v) is 5.88. The molecule has 2 aromatic rings. The lowest BCUT2D eigenvalue weighted by molar-refractivity contribution is 0.0954. The lowest BCUT2D eigenvalue weighted by atomic mass is 10.0. The van der Waals surface area contributed by atoms with Gasteiger partial charge in [0.1, 0.15) is 0 Å². The molecule has 108 valence electrons. The zero-order chi connectivity index (χ0) is 15.2. The van der Waals surface area contributed by atoms with Crippen molar-refractivity contribution < 1.29 is 4.79 Å². The van der Waals surface area contributed by atoms with Gasteiger partial charge in [-0.2, -0.15) is 5.10 Å². The van der Waals surface area contributed by atoms with Crippen LogP contribution in [0.5, 0.6) is 0 Å². The van der Waals surface area contributed by atoms with Crippen LogP contribution in [0.1, 0.15) is 29.8 Å². The number of nitrogens with one attached hydrogen (secondary N) is 1. The monoisotopic (exact) mass is 344 g/mol. The molecule has 0 fully saturated rings. The first-order valence-electron chi connectivity index (χ1n) is 6.77. The van der Waals surface area contributed by atoms with Crippen molar-refractivity contribution in [1.29, 1.82) is 0 Å². The van der Waals surface area contributed by atoms with E-state index >= 15 is 0 Å². The van der Waals surface area contributed by atoms with Gasteiger partial charge in [-0.3, -0.25) is 4.79 Å². The number of benzene rings is 2. The van der Waals surface area contributed by atoms with Crippen molar-refractivity contribution in [3.05, 3.63) is 70.2 Å². The molecule has 0 aliphatic heterocycles. The molecule has 0 aromatic heterocycles. The van der Waals surface area contributed by atoms with Gasteiger partial charge in [-0.1, -0.05) is 60.1 Å². The highest BCUT2D eigenvalue weighted by atomic mass is 79.9. The molecule has 0 aliphatic carbocycles. The fraction of sp³-hybridized carbons (Fsp3) is 0.176. The van der Waals surface area contributed by atoms with Gasteiger partial charge in [-0.15, -0.1) is 0 Å². The Kier molecular flexibility index (Phi) is 5.28. The smallest absolute Gasteiger partial charge is 0.267 e. The van der Waals surface area contributed by atoms with Crippen LogP contribution < -0.4 is 5.43 Å². The van der Waals surface area contributed by atoms with Crippen molar-refractivity contribution >= 4 is 27.5 Å². The number of carbonyl (C=O) groups is 1. The Hall–Kier alpha value is -1.94. The third-order valence-corrected chi connectivity index (χ3v) is 3.53. The van der Waals surface area contributed by atoms with Crippen LogP contribution >= 0.6 is 15.9 Å². The second-order valence-electron chi connectivity index (χ2n) is 4.97. The topological polar surface area (TPSA) is 41.5 Å². The van der Waals surface area contributed by atoms with Crippen LogP contribution in [0.25, 0.3) is 0 Å². The number of hydrogen-bond donors (Lipinski definition) is 1. The van der Waals surface area contributed by atoms with E-state index in [0.717, 1.165) is 15.7 Å². The first-order chi connectivity index (χ1) is 10.1. The summed E-state index contributed by atoms with van der Waals surface area (Å²) in [6.07, 6.45) is 0. The van der Waals surface area contributed by atoms with Gasteiger partial charge in [-0.25, -0.2) is 5.43 Å². The van der Waals surface area contributed by atoms with Crippen LogP contribution in [0.4, 0.5) is 0 Å². The summed E-state index contributed by atoms with van der Waals surface area (Å²) in [5, 5.41) is 4.30. The van der Waals surface area contributed by atoms with Crippen molar-refractivity contribution in [3.63, 3.8) is 0 Å². The molecule has 1 N–H and O–H groups in total. The van der Waals surface area contributed by atoms with Crippen LogP contribution in [0.2, 0.25) is 0 Å². The molecular weight excluding hydrogens is 328 g/mol. The standard InChI is InChI=1S/C17H17BrN2O/c1-12(2)16(13-6-4-3-5-7-13)19-20-17(21)14-8-10-15(18)11-9-14/h3-12H,1-2H3,(H,20,21). The number of rotatable bonds is 4. The van der Waals surface area contributed by atoms with E-state index < -0.39 is 0 Å². The summed E-state index contributed by atoms with van der Waals surface area (Å²) >= 11 is 3.35. The number of carbonyl (C=O) groups excluding carboxylic acids is 1. The fourth-order valence-electron chi connectivity index (χ4n) is 1.91. The number of nitrogens with zero attached hydrogens (tertiary/aromatic N) is 1. The minimum Gasteiger partial charge on any atom is -0.267 e. The van der Waals surface area contributed by atoms with Gasteiger partial charge < -0.3 is 0 Å². The van der Waals surface area contributed by atoms with Crippen LogP contribution in [-0.4, -0.2) is 11.6 Å². The molecule has 0 radical (unpaired) electrons. The third-order valence-electron chi connectivity index (χ3n) is 3.00. The third kappa shape index (κ3) is 4.26. The molecule has 0 spiro atoms. The van der Waals surface area contributed by atoms with E-state index in [1.165, 1.54) is 0 Å². The zero-order valence-corrected chi connectivity index (χ0v) is 13.6. The number of hydrogen-bond acceptors (Lipinski definition) is 2. The molecule has 0 aliphatic rings. The SMILES string of the molecule is CC(C)C(=NNC(=O)c1ccc(Br)cc1)c1ccccc1. The molecule has 2 aromatic carbocycles. The average Bonchev–Trinajstić information content (AvgIpc) is 2.48. The average molecular weight is 345 g/mol. The Morgan fingerprint density at radius 2 is 1.62 bits per heavy atom. The second kappa shape index (κ2) is 7.18. The maximum absolute atomic E-state index is 12.1. The Labute approximate surface area is 133 Å². The van der Waals surface area contributed by atoms with Gasteiger partial charge in [0.2, 0.25) is 0 Å². The summed E-state index contributed by atoms with van der Waals surface area (Å²) in [6.45, 7) is 4.11. The van der Waals surface area contributed by atoms with Gasteiger partial charge in [0.25, 0.3) is 5.91 Å². The predicted octanol–water partition coefficient (Wildman–Crippen LogP) is 4.24. The summed E-state index contributed by atoms with van der Waals surface area (Å²) in [5.41, 5.74) is 5.09. The lowest BCUT2D eigenvalue weighted by Crippen LogP contribution is -2.22. The number of hydrazone groups is 1. The summed E-state index contributed by atoms with van der Waals surface area (Å²) in [4.78, 5) is 12.1. The molecule has 0 unspecified atom stereocenters. The molecule has 1 amide bonds. The molecule has 4 heteroatoms. The molecule has 0 saturated heterocycles. The normalized spacial score (nSPS) is 11.5. The summed E-state index contributed by atoms with van der Waals surface area (Å²) in [5.74, 6) is 0.00852. The first-order valence-corrected chi connectivity index (χ1v) is 7.56. The van der Waals surface area contributed by atoms with Crippen LogP contribution in [0.15, 0.2) is 64.2 Å². The number of amides is 1. The molecule has 0 saturated carbocycles. The highest BCUT2D eigenvalue weighted by Crippen LogP contribution is 2.11. The minimum atomic E-state index is -0.211. The quantitative estimate of drug-likeness (QED) is 0.654. The van der Waals surface area contributed by atoms with Gasteiger partial charge in [0, 0.05) is 10.0 Å². The van der Waals surface area contributed by atoms with Crippen molar-refractivity contribution in [3.8, 4) is 0 Å². The van der Waals surface area contributed by atoms with Crippen LogP contribution in [-0.2, 0) is 0 Å². The maximum atomic E-state index is 12.1. The predicted molar refractivity (Wildman–Crippen MR) is 89.4 cm³/mol. The largest absolute Gasteiger partial charge is 0.271 e. The van der Waals surface area contributed by atoms with Gasteiger partial charge in [0.15, 0.2) is 0 Å². The Morgan fingerprint density at radius 1 is 1.00 bits per heavy atom. The maximum Gasteiger partial charge on any atom is 0.271 e. The van der Waals surface area contributed by atoms with E-state index in [4.69, 9.17) is 0 Å². The Balaban J connectivity index is 2.17. The zero-order valence-electron chi connectivity index (χ0n) is 12.0. The van der Waals surface area contributed by atoms with Gasteiger partial charge >= 0.3 is 0 Å². The van der Waals surface area contributed by atoms with Gasteiger partial charge in [-0.05, 0) is 35.7 Å². The molecule has 0 atom stereocenters. The Morgan fingerprint density at radius 3 is 2.19 bits per heavy atom. The highest BCUT2D eigenvalue weighted by molar-refractivity contribution is 9.10. The van der Waals surface area contributed by atoms with Crippen molar-refractivity contribution in [1.82, 2.24) is 5.43 Å². The van der Waals surface area contributed by atoms with Crippen molar-refractivity contribution in [2.45, 2.75) is 13.8 Å². The molecule has 2 rings (SSSR count). The first kappa shape index (κ1) is 15.4. The van der Waals surface area contributed by atoms with E-state index in [1.54, 1.807) is 12.1 Å². The van der Waals surface area contributed by atoms with E-state index in [0.29, 0.717) is 5.56 Å². The van der Waals surface area contributed by atoms with E-state index in [-0.39, 0.29) is 11.8 Å². The molecule has 3 nitrogen and oxygen atoms in total. The van der Waals surface area contributed by atoms with Crippen molar-refractivity contribution in [2.75, 3.05) is 0 Å². The molecule has 21 heavy (non-hydrogen) atoms. The summed E-state index contributed by atoms with van der Waals surface area (Å²) in [7, 11) is 0. The van der Waals surface area contributed by atoms with E-state index in [9.17, 15) is 4.79 Å². The van der Waals surface area contributed by atoms with Crippen LogP contribution in [0.3, 0.4) is 0 Å². The number of halogens is 1. The molecule has 0 heterocycles. The molecular formula is C17H17BrN2O. The van der Waals surface area contributed by atoms with E-state index in [2.05, 4.69) is 40.3 Å². The Bertz CT molecular complexity index is 634. The van der Waals surface area contributed by atoms with Crippen molar-refractivity contribution in [2.24, 2.45) is 11.0 Å². The summed E-state index contributed by atoms with van der Waals surface area (Å²) < 4.78 is 0.940. The minimum absolute atomic E-state index is 0.211. The fourth-order valence-corrected chi connectivity index (χ4v) is 2.18. The molecule has 0 bridgehead atoms. The lowest BCUT2D eigenvalue weighted by Gasteiger charge is -2.10. The van der Waals surface area contributed by atoms with Gasteiger partial charge in [0.05, 0.1) is 5.71 Å². The van der Waals surface area contributed by atoms with Crippen LogP contribution in [0, 0.1) is 5.92 Å². The summed E-state index contributed by atoms with van der Waals surface area (Å²) in [6, 6.07) is 17.0. The highest BCUT2D eigenvalue weighted by Gasteiger charge is 2.10.